The van der Waals surface area contributed by atoms with Crippen LogP contribution in [0.3, 0.4) is 0 Å². The predicted octanol–water partition coefficient (Wildman–Crippen LogP) is 3.18. The number of hydrogen-bond acceptors (Lipinski definition) is 7. The first-order valence-electron chi connectivity index (χ1n) is 10.2. The lowest BCUT2D eigenvalue weighted by Crippen LogP contribution is -2.32. The summed E-state index contributed by atoms with van der Waals surface area (Å²) in [6, 6.07) is 8.79. The summed E-state index contributed by atoms with van der Waals surface area (Å²) in [5, 5.41) is 21.3. The fraction of sp³-hybridized carbons (Fsp3) is 0.333. The molecule has 0 radical (unpaired) electrons. The number of phenolic OH excluding ortho intramolecular Hbond substituents is 1. The molecule has 0 aliphatic carbocycles. The Kier molecular flexibility index (Phi) is 7.05. The molecule has 2 aromatic rings. The molecule has 0 aromatic heterocycles. The lowest BCUT2D eigenvalue weighted by Gasteiger charge is -2.25. The second kappa shape index (κ2) is 9.74. The van der Waals surface area contributed by atoms with E-state index in [4.69, 9.17) is 14.2 Å². The van der Waals surface area contributed by atoms with Crippen molar-refractivity contribution in [2.45, 2.75) is 19.9 Å². The molecule has 1 fully saturated rings. The lowest BCUT2D eigenvalue weighted by atomic mass is 9.93. The number of likely N-dealkylation sites (tertiary alicyclic amines) is 1. The van der Waals surface area contributed by atoms with Crippen LogP contribution in [0, 0.1) is 6.92 Å². The zero-order valence-corrected chi connectivity index (χ0v) is 18.5. The first-order valence-corrected chi connectivity index (χ1v) is 10.2. The van der Waals surface area contributed by atoms with Gasteiger partial charge in [0.1, 0.15) is 11.5 Å². The third-order valence-corrected chi connectivity index (χ3v) is 5.36. The Hall–Kier alpha value is -3.52. The summed E-state index contributed by atoms with van der Waals surface area (Å²) >= 11 is 0. The van der Waals surface area contributed by atoms with Crippen LogP contribution in [0.15, 0.2) is 42.0 Å². The first kappa shape index (κ1) is 23.1. The molecule has 1 saturated heterocycles. The number of hydrogen-bond donors (Lipinski definition) is 2. The van der Waals surface area contributed by atoms with Gasteiger partial charge >= 0.3 is 0 Å². The Morgan fingerprint density at radius 2 is 1.88 bits per heavy atom. The molecule has 1 heterocycles. The van der Waals surface area contributed by atoms with E-state index in [2.05, 4.69) is 0 Å². The quantitative estimate of drug-likeness (QED) is 0.368. The molecule has 1 amide bonds. The summed E-state index contributed by atoms with van der Waals surface area (Å²) in [5.41, 5.74) is 1.59. The van der Waals surface area contributed by atoms with Crippen LogP contribution >= 0.6 is 0 Å². The van der Waals surface area contributed by atoms with E-state index < -0.39 is 17.7 Å². The van der Waals surface area contributed by atoms with Crippen molar-refractivity contribution < 1.29 is 34.0 Å². The minimum absolute atomic E-state index is 0.0347. The van der Waals surface area contributed by atoms with Crippen LogP contribution in [0.2, 0.25) is 0 Å². The molecule has 32 heavy (non-hydrogen) atoms. The number of benzene rings is 2. The Bertz CT molecular complexity index is 1060. The molecule has 2 aromatic carbocycles. The van der Waals surface area contributed by atoms with Crippen LogP contribution in [0.5, 0.6) is 17.2 Å². The van der Waals surface area contributed by atoms with Crippen LogP contribution < -0.4 is 9.47 Å². The van der Waals surface area contributed by atoms with Gasteiger partial charge in [-0.3, -0.25) is 9.59 Å². The molecule has 0 spiro atoms. The van der Waals surface area contributed by atoms with E-state index in [-0.39, 0.29) is 36.0 Å². The zero-order chi connectivity index (χ0) is 23.4. The topological polar surface area (TPSA) is 106 Å². The maximum absolute atomic E-state index is 13.0. The second-order valence-corrected chi connectivity index (χ2v) is 7.33. The molecule has 8 nitrogen and oxygen atoms in total. The second-order valence-electron chi connectivity index (χ2n) is 7.33. The highest BCUT2D eigenvalue weighted by molar-refractivity contribution is 6.46. The number of amides is 1. The number of carbonyl (C=O) groups is 2. The maximum Gasteiger partial charge on any atom is 0.295 e. The van der Waals surface area contributed by atoms with Gasteiger partial charge in [0.15, 0.2) is 11.5 Å². The molecule has 8 heteroatoms. The van der Waals surface area contributed by atoms with Crippen molar-refractivity contribution >= 4 is 17.4 Å². The summed E-state index contributed by atoms with van der Waals surface area (Å²) in [6.07, 6.45) is 0. The average Bonchev–Trinajstić information content (AvgIpc) is 3.03. The van der Waals surface area contributed by atoms with E-state index in [1.165, 1.54) is 25.2 Å². The number of methoxy groups -OCH3 is 2. The minimum Gasteiger partial charge on any atom is -0.507 e. The predicted molar refractivity (Wildman–Crippen MR) is 118 cm³/mol. The molecule has 0 saturated carbocycles. The zero-order valence-electron chi connectivity index (χ0n) is 18.5. The van der Waals surface area contributed by atoms with Gasteiger partial charge in [-0.05, 0) is 55.3 Å². The Morgan fingerprint density at radius 3 is 2.50 bits per heavy atom. The highest BCUT2D eigenvalue weighted by atomic mass is 16.5. The molecule has 1 aliphatic rings. The molecule has 3 rings (SSSR count). The van der Waals surface area contributed by atoms with E-state index in [0.717, 1.165) is 0 Å². The average molecular weight is 441 g/mol. The number of phenols is 1. The molecule has 2 N–H and O–H groups in total. The number of aliphatic hydroxyl groups excluding tert-OH is 1. The van der Waals surface area contributed by atoms with Crippen molar-refractivity contribution in [2.24, 2.45) is 0 Å². The summed E-state index contributed by atoms with van der Waals surface area (Å²) in [4.78, 5) is 27.3. The van der Waals surface area contributed by atoms with Crippen LogP contribution in [-0.2, 0) is 14.3 Å². The van der Waals surface area contributed by atoms with Gasteiger partial charge in [0, 0.05) is 19.2 Å². The van der Waals surface area contributed by atoms with Crippen LogP contribution in [0.25, 0.3) is 5.76 Å². The normalized spacial score (nSPS) is 17.6. The first-order chi connectivity index (χ1) is 15.3. The van der Waals surface area contributed by atoms with Crippen molar-refractivity contribution in [1.29, 1.82) is 0 Å². The van der Waals surface area contributed by atoms with Crippen molar-refractivity contribution in [3.8, 4) is 17.2 Å². The fourth-order valence-electron chi connectivity index (χ4n) is 3.79. The van der Waals surface area contributed by atoms with Gasteiger partial charge in [0.25, 0.3) is 11.7 Å². The monoisotopic (exact) mass is 441 g/mol. The number of aryl methyl sites for hydroxylation is 1. The number of nitrogens with zero attached hydrogens (tertiary/aromatic N) is 1. The summed E-state index contributed by atoms with van der Waals surface area (Å²) in [7, 11) is 3.04. The summed E-state index contributed by atoms with van der Waals surface area (Å²) < 4.78 is 15.8. The van der Waals surface area contributed by atoms with Crippen LogP contribution in [0.1, 0.15) is 29.7 Å². The lowest BCUT2D eigenvalue weighted by molar-refractivity contribution is -0.140. The Morgan fingerprint density at radius 1 is 1.12 bits per heavy atom. The molecule has 1 aliphatic heterocycles. The number of aliphatic hydroxyl groups is 1. The van der Waals surface area contributed by atoms with E-state index in [1.807, 2.05) is 0 Å². The SMILES string of the molecule is CCOc1cc([C@H]2/C(=C(\O)c3ccc(OC)cc3C)C(=O)C(=O)N2CCOC)ccc1O. The number of carbonyl (C=O) groups excluding carboxylic acids is 2. The van der Waals surface area contributed by atoms with E-state index in [9.17, 15) is 19.8 Å². The van der Waals surface area contributed by atoms with Crippen LogP contribution in [0.4, 0.5) is 0 Å². The van der Waals surface area contributed by atoms with Gasteiger partial charge in [-0.15, -0.1) is 0 Å². The molecule has 0 unspecified atom stereocenters. The molecule has 0 bridgehead atoms. The van der Waals surface area contributed by atoms with Gasteiger partial charge < -0.3 is 29.3 Å². The molecular weight excluding hydrogens is 414 g/mol. The van der Waals surface area contributed by atoms with Crippen molar-refractivity contribution in [3.05, 3.63) is 58.7 Å². The van der Waals surface area contributed by atoms with E-state index in [0.29, 0.717) is 29.0 Å². The highest BCUT2D eigenvalue weighted by Crippen LogP contribution is 2.42. The van der Waals surface area contributed by atoms with Crippen LogP contribution in [-0.4, -0.2) is 60.8 Å². The Balaban J connectivity index is 2.20. The Labute approximate surface area is 186 Å². The number of rotatable bonds is 8. The molecular formula is C24H27NO7. The summed E-state index contributed by atoms with van der Waals surface area (Å²) in [5.74, 6) is -1.02. The van der Waals surface area contributed by atoms with Gasteiger partial charge in [-0.1, -0.05) is 6.07 Å². The summed E-state index contributed by atoms with van der Waals surface area (Å²) in [6.45, 7) is 4.24. The third-order valence-electron chi connectivity index (χ3n) is 5.36. The highest BCUT2D eigenvalue weighted by Gasteiger charge is 2.46. The van der Waals surface area contributed by atoms with Gasteiger partial charge in [0.2, 0.25) is 0 Å². The number of Topliss-reactive ketones (excluding diaryl/α,β-unsaturated/α-hetero) is 1. The van der Waals surface area contributed by atoms with E-state index >= 15 is 0 Å². The standard InChI is InChI=1S/C24H27NO7/c1-5-32-19-13-15(6-9-18(19)26)21-20(23(28)24(29)25(21)10-11-30-3)22(27)17-8-7-16(31-4)12-14(17)2/h6-9,12-13,21,26-27H,5,10-11H2,1-4H3/b22-20+/t21-/m0/s1. The number of ketones is 1. The van der Waals surface area contributed by atoms with Crippen molar-refractivity contribution in [2.75, 3.05) is 34.0 Å². The van der Waals surface area contributed by atoms with Crippen molar-refractivity contribution in [3.63, 3.8) is 0 Å². The molecule has 170 valence electrons. The minimum atomic E-state index is -0.869. The number of aromatic hydroxyl groups is 1. The third kappa shape index (κ3) is 4.27. The van der Waals surface area contributed by atoms with E-state index in [1.54, 1.807) is 44.2 Å². The van der Waals surface area contributed by atoms with Gasteiger partial charge in [0.05, 0.1) is 31.9 Å². The smallest absolute Gasteiger partial charge is 0.295 e. The maximum atomic E-state index is 13.0. The molecule has 1 atom stereocenters. The fourth-order valence-corrected chi connectivity index (χ4v) is 3.79. The largest absolute Gasteiger partial charge is 0.507 e. The van der Waals surface area contributed by atoms with Gasteiger partial charge in [-0.25, -0.2) is 0 Å². The number of ether oxygens (including phenoxy) is 3. The van der Waals surface area contributed by atoms with Crippen molar-refractivity contribution in [1.82, 2.24) is 4.90 Å². The van der Waals surface area contributed by atoms with Gasteiger partial charge in [-0.2, -0.15) is 0 Å².